The normalized spacial score (nSPS) is 21.1. The van der Waals surface area contributed by atoms with Gasteiger partial charge in [-0.05, 0) is 12.0 Å². The summed E-state index contributed by atoms with van der Waals surface area (Å²) in [7, 11) is 1.38. The van der Waals surface area contributed by atoms with Gasteiger partial charge in [-0.25, -0.2) is 4.79 Å². The fourth-order valence-electron chi connectivity index (χ4n) is 2.93. The van der Waals surface area contributed by atoms with Crippen molar-refractivity contribution in [3.05, 3.63) is 35.9 Å². The third-order valence-corrected chi connectivity index (χ3v) is 4.04. The molecular formula is C17H25N3O4. The largest absolute Gasteiger partial charge is 0.469 e. The number of esters is 1. The topological polar surface area (TPSA) is 93.9 Å². The first kappa shape index (κ1) is 18.2. The van der Waals surface area contributed by atoms with Gasteiger partial charge in [-0.15, -0.1) is 0 Å². The molecule has 0 bridgehead atoms. The van der Waals surface area contributed by atoms with Crippen LogP contribution in [0.15, 0.2) is 30.3 Å². The summed E-state index contributed by atoms with van der Waals surface area (Å²) in [6.45, 7) is 2.63. The number of nitrogens with zero attached hydrogens (tertiary/aromatic N) is 1. The summed E-state index contributed by atoms with van der Waals surface area (Å²) in [4.78, 5) is 25.9. The summed E-state index contributed by atoms with van der Waals surface area (Å²) >= 11 is 0. The fraction of sp³-hybridized carbons (Fsp3) is 0.529. The van der Waals surface area contributed by atoms with Gasteiger partial charge in [0.1, 0.15) is 6.61 Å². The molecule has 3 N–H and O–H groups in total. The van der Waals surface area contributed by atoms with Crippen LogP contribution in [0.3, 0.4) is 0 Å². The monoisotopic (exact) mass is 335 g/mol. The van der Waals surface area contributed by atoms with E-state index in [4.69, 9.17) is 15.2 Å². The van der Waals surface area contributed by atoms with Crippen LogP contribution >= 0.6 is 0 Å². The second kappa shape index (κ2) is 9.24. The Balaban J connectivity index is 1.86. The van der Waals surface area contributed by atoms with Gasteiger partial charge in [0.25, 0.3) is 0 Å². The lowest BCUT2D eigenvalue weighted by atomic mass is 9.94. The van der Waals surface area contributed by atoms with Gasteiger partial charge in [0, 0.05) is 32.2 Å². The highest BCUT2D eigenvalue weighted by Crippen LogP contribution is 2.18. The van der Waals surface area contributed by atoms with E-state index in [1.165, 1.54) is 7.11 Å². The van der Waals surface area contributed by atoms with E-state index >= 15 is 0 Å². The number of carbonyl (C=O) groups is 2. The fourth-order valence-corrected chi connectivity index (χ4v) is 2.93. The molecule has 0 spiro atoms. The van der Waals surface area contributed by atoms with Gasteiger partial charge < -0.3 is 20.5 Å². The number of hydrogen-bond donors (Lipinski definition) is 2. The Kier molecular flexibility index (Phi) is 7.02. The van der Waals surface area contributed by atoms with Crippen LogP contribution in [0, 0.1) is 5.92 Å². The summed E-state index contributed by atoms with van der Waals surface area (Å²) in [6, 6.07) is 9.31. The number of ether oxygens (including phenoxy) is 2. The molecule has 132 valence electrons. The number of alkyl carbamates (subject to hydrolysis) is 1. The standard InChI is InChI=1S/C17H25N3O4/c1-23-16(21)14-9-15(11-20(10-14)8-7-18)19-17(22)24-12-13-5-3-2-4-6-13/h2-6,14-15H,7-12,18H2,1H3,(H,19,22). The zero-order chi connectivity index (χ0) is 17.4. The molecule has 1 amide bonds. The van der Waals surface area contributed by atoms with Gasteiger partial charge in [-0.3, -0.25) is 9.69 Å². The molecule has 7 heteroatoms. The Bertz CT molecular complexity index is 538. The SMILES string of the molecule is COC(=O)C1CC(NC(=O)OCc2ccccc2)CN(CCN)C1. The van der Waals surface area contributed by atoms with Crippen molar-refractivity contribution in [2.24, 2.45) is 11.7 Å². The van der Waals surface area contributed by atoms with Gasteiger partial charge >= 0.3 is 12.1 Å². The Hall–Kier alpha value is -2.12. The van der Waals surface area contributed by atoms with Crippen LogP contribution in [0.25, 0.3) is 0 Å². The summed E-state index contributed by atoms with van der Waals surface area (Å²) in [5, 5.41) is 2.84. The first-order chi connectivity index (χ1) is 11.6. The summed E-state index contributed by atoms with van der Waals surface area (Å²) in [5.41, 5.74) is 6.53. The highest BCUT2D eigenvalue weighted by molar-refractivity contribution is 5.73. The van der Waals surface area contributed by atoms with E-state index in [1.54, 1.807) is 0 Å². The molecule has 1 aromatic carbocycles. The molecule has 0 aliphatic carbocycles. The smallest absolute Gasteiger partial charge is 0.407 e. The lowest BCUT2D eigenvalue weighted by Gasteiger charge is -2.36. The van der Waals surface area contributed by atoms with Crippen molar-refractivity contribution < 1.29 is 19.1 Å². The van der Waals surface area contributed by atoms with Crippen molar-refractivity contribution in [1.29, 1.82) is 0 Å². The minimum absolute atomic E-state index is 0.169. The van der Waals surface area contributed by atoms with E-state index in [2.05, 4.69) is 10.2 Å². The minimum Gasteiger partial charge on any atom is -0.469 e. The van der Waals surface area contributed by atoms with Crippen LogP contribution in [0.5, 0.6) is 0 Å². The molecular weight excluding hydrogens is 310 g/mol. The number of carbonyl (C=O) groups excluding carboxylic acids is 2. The molecule has 1 aliphatic rings. The number of nitrogens with one attached hydrogen (secondary N) is 1. The van der Waals surface area contributed by atoms with E-state index in [0.29, 0.717) is 32.6 Å². The molecule has 2 rings (SSSR count). The number of rotatable bonds is 6. The van der Waals surface area contributed by atoms with Crippen molar-refractivity contribution in [2.75, 3.05) is 33.3 Å². The minimum atomic E-state index is -0.484. The van der Waals surface area contributed by atoms with Crippen LogP contribution in [0.1, 0.15) is 12.0 Å². The van der Waals surface area contributed by atoms with Crippen LogP contribution in [-0.2, 0) is 20.9 Å². The molecule has 1 saturated heterocycles. The number of amides is 1. The Morgan fingerprint density at radius 2 is 2.04 bits per heavy atom. The van der Waals surface area contributed by atoms with Gasteiger partial charge in [-0.2, -0.15) is 0 Å². The second-order valence-electron chi connectivity index (χ2n) is 5.91. The molecule has 0 radical (unpaired) electrons. The maximum atomic E-state index is 12.0. The molecule has 0 saturated carbocycles. The summed E-state index contributed by atoms with van der Waals surface area (Å²) in [5.74, 6) is -0.532. The van der Waals surface area contributed by atoms with Gasteiger partial charge in [0.05, 0.1) is 13.0 Å². The van der Waals surface area contributed by atoms with Crippen LogP contribution in [0.2, 0.25) is 0 Å². The first-order valence-electron chi connectivity index (χ1n) is 8.09. The first-order valence-corrected chi connectivity index (χ1v) is 8.09. The van der Waals surface area contributed by atoms with Gasteiger partial charge in [0.15, 0.2) is 0 Å². The molecule has 1 aliphatic heterocycles. The lowest BCUT2D eigenvalue weighted by molar-refractivity contribution is -0.147. The molecule has 1 aromatic rings. The van der Waals surface area contributed by atoms with E-state index < -0.39 is 6.09 Å². The van der Waals surface area contributed by atoms with Crippen molar-refractivity contribution in [2.45, 2.75) is 19.1 Å². The summed E-state index contributed by atoms with van der Waals surface area (Å²) in [6.07, 6.45) is 0.0517. The zero-order valence-corrected chi connectivity index (χ0v) is 13.9. The number of likely N-dealkylation sites (tertiary alicyclic amines) is 1. The Morgan fingerprint density at radius 1 is 1.29 bits per heavy atom. The number of benzene rings is 1. The number of piperidine rings is 1. The summed E-state index contributed by atoms with van der Waals surface area (Å²) < 4.78 is 10.1. The van der Waals surface area contributed by atoms with Crippen LogP contribution < -0.4 is 11.1 Å². The highest BCUT2D eigenvalue weighted by Gasteiger charge is 2.32. The van der Waals surface area contributed by atoms with Gasteiger partial charge in [-0.1, -0.05) is 30.3 Å². The average molecular weight is 335 g/mol. The molecule has 2 unspecified atom stereocenters. The molecule has 7 nitrogen and oxygen atoms in total. The lowest BCUT2D eigenvalue weighted by Crippen LogP contribution is -2.53. The predicted octanol–water partition coefficient (Wildman–Crippen LogP) is 0.735. The van der Waals surface area contributed by atoms with Crippen LogP contribution in [-0.4, -0.2) is 56.3 Å². The third-order valence-electron chi connectivity index (χ3n) is 4.04. The number of nitrogens with two attached hydrogens (primary N) is 1. The Labute approximate surface area is 142 Å². The molecule has 2 atom stereocenters. The molecule has 1 heterocycles. The number of methoxy groups -OCH3 is 1. The number of hydrogen-bond acceptors (Lipinski definition) is 6. The van der Waals surface area contributed by atoms with E-state index in [-0.39, 0.29) is 24.5 Å². The maximum Gasteiger partial charge on any atom is 0.407 e. The van der Waals surface area contributed by atoms with E-state index in [0.717, 1.165) is 5.56 Å². The molecule has 0 aromatic heterocycles. The maximum absolute atomic E-state index is 12.0. The Morgan fingerprint density at radius 3 is 2.71 bits per heavy atom. The van der Waals surface area contributed by atoms with Gasteiger partial charge in [0.2, 0.25) is 0 Å². The third kappa shape index (κ3) is 5.50. The average Bonchev–Trinajstić information content (AvgIpc) is 2.60. The van der Waals surface area contributed by atoms with Crippen molar-refractivity contribution in [3.8, 4) is 0 Å². The highest BCUT2D eigenvalue weighted by atomic mass is 16.5. The van der Waals surface area contributed by atoms with E-state index in [1.807, 2.05) is 30.3 Å². The second-order valence-corrected chi connectivity index (χ2v) is 5.91. The molecule has 24 heavy (non-hydrogen) atoms. The van der Waals surface area contributed by atoms with Crippen molar-refractivity contribution in [3.63, 3.8) is 0 Å². The predicted molar refractivity (Wildman–Crippen MR) is 89.2 cm³/mol. The zero-order valence-electron chi connectivity index (χ0n) is 13.9. The van der Waals surface area contributed by atoms with E-state index in [9.17, 15) is 9.59 Å². The quantitative estimate of drug-likeness (QED) is 0.745. The molecule has 1 fully saturated rings. The van der Waals surface area contributed by atoms with Crippen molar-refractivity contribution in [1.82, 2.24) is 10.2 Å². The van der Waals surface area contributed by atoms with Crippen LogP contribution in [0.4, 0.5) is 4.79 Å². The van der Waals surface area contributed by atoms with Crippen molar-refractivity contribution >= 4 is 12.1 Å².